The van der Waals surface area contributed by atoms with Crippen LogP contribution in [0.1, 0.15) is 53.4 Å². The average Bonchev–Trinajstić information content (AvgIpc) is 2.73. The van der Waals surface area contributed by atoms with Crippen molar-refractivity contribution in [3.63, 3.8) is 0 Å². The summed E-state index contributed by atoms with van der Waals surface area (Å²) in [7, 11) is -2.52. The van der Waals surface area contributed by atoms with E-state index in [0.29, 0.717) is 6.61 Å². The molecule has 29 heavy (non-hydrogen) atoms. The quantitative estimate of drug-likeness (QED) is 0.512. The Morgan fingerprint density at radius 2 is 1.38 bits per heavy atom. The third-order valence-electron chi connectivity index (χ3n) is 6.05. The molecule has 0 bridgehead atoms. The zero-order valence-electron chi connectivity index (χ0n) is 18.2. The van der Waals surface area contributed by atoms with Gasteiger partial charge < -0.3 is 9.16 Å². The highest BCUT2D eigenvalue weighted by molar-refractivity contribution is 6.99. The molecule has 0 heterocycles. The number of carbonyl (C=O) groups is 1. The Bertz CT molecular complexity index is 735. The Balaban J connectivity index is 1.92. The van der Waals surface area contributed by atoms with Gasteiger partial charge in [0.25, 0.3) is 0 Å². The second kappa shape index (κ2) is 9.27. The van der Waals surface area contributed by atoms with Crippen molar-refractivity contribution in [2.24, 2.45) is 5.92 Å². The van der Waals surface area contributed by atoms with Crippen LogP contribution in [0.5, 0.6) is 0 Å². The molecule has 0 saturated heterocycles. The molecule has 157 valence electrons. The van der Waals surface area contributed by atoms with Crippen LogP contribution in [-0.2, 0) is 14.0 Å². The highest BCUT2D eigenvalue weighted by Crippen LogP contribution is 2.39. The van der Waals surface area contributed by atoms with Gasteiger partial charge in [-0.05, 0) is 32.6 Å². The van der Waals surface area contributed by atoms with Crippen LogP contribution in [-0.4, -0.2) is 27.0 Å². The van der Waals surface area contributed by atoms with Crippen molar-refractivity contribution in [2.75, 3.05) is 6.61 Å². The van der Waals surface area contributed by atoms with E-state index in [9.17, 15) is 4.79 Å². The number of carbonyl (C=O) groups excluding carboxylic acids is 1. The summed E-state index contributed by atoms with van der Waals surface area (Å²) >= 11 is 0. The van der Waals surface area contributed by atoms with Gasteiger partial charge in [-0.15, -0.1) is 5.04 Å². The normalized spacial score (nSPS) is 20.3. The maximum atomic E-state index is 12.1. The Hall–Kier alpha value is -1.91. The number of rotatable bonds is 6. The lowest BCUT2D eigenvalue weighted by atomic mass is 9.87. The van der Waals surface area contributed by atoms with Crippen LogP contribution in [0.25, 0.3) is 0 Å². The fourth-order valence-corrected chi connectivity index (χ4v) is 9.37. The zero-order chi connectivity index (χ0) is 20.9. The van der Waals surface area contributed by atoms with Crippen LogP contribution in [0.2, 0.25) is 5.04 Å². The highest BCUT2D eigenvalue weighted by atomic mass is 28.4. The Morgan fingerprint density at radius 3 is 1.79 bits per heavy atom. The van der Waals surface area contributed by atoms with Crippen LogP contribution in [0.15, 0.2) is 60.7 Å². The number of benzene rings is 2. The van der Waals surface area contributed by atoms with Gasteiger partial charge in [0.2, 0.25) is 0 Å². The first-order valence-electron chi connectivity index (χ1n) is 10.8. The predicted molar refractivity (Wildman–Crippen MR) is 121 cm³/mol. The first-order chi connectivity index (χ1) is 13.9. The van der Waals surface area contributed by atoms with Crippen molar-refractivity contribution in [1.82, 2.24) is 0 Å². The van der Waals surface area contributed by atoms with E-state index in [1.165, 1.54) is 10.4 Å². The minimum Gasteiger partial charge on any atom is -0.556 e. The summed E-state index contributed by atoms with van der Waals surface area (Å²) in [5.74, 6) is -0.0228. The highest BCUT2D eigenvalue weighted by Gasteiger charge is 2.39. The van der Waals surface area contributed by atoms with Crippen LogP contribution in [0.3, 0.4) is 0 Å². The van der Waals surface area contributed by atoms with E-state index in [-0.39, 0.29) is 23.0 Å². The number of ether oxygens (including phenoxy) is 1. The van der Waals surface area contributed by atoms with Crippen molar-refractivity contribution in [1.29, 1.82) is 0 Å². The minimum atomic E-state index is -2.52. The molecule has 0 N–H and O–H groups in total. The third kappa shape index (κ3) is 4.64. The number of hydrogen-bond donors (Lipinski definition) is 0. The van der Waals surface area contributed by atoms with E-state index in [1.54, 1.807) is 0 Å². The molecule has 0 radical (unpaired) electrons. The van der Waals surface area contributed by atoms with Gasteiger partial charge in [0, 0.05) is 6.10 Å². The third-order valence-corrected chi connectivity index (χ3v) is 11.1. The molecule has 0 aromatic heterocycles. The van der Waals surface area contributed by atoms with Crippen molar-refractivity contribution >= 4 is 24.7 Å². The monoisotopic (exact) mass is 410 g/mol. The Morgan fingerprint density at radius 1 is 0.897 bits per heavy atom. The summed E-state index contributed by atoms with van der Waals surface area (Å²) in [5.41, 5.74) is 0. The number of esters is 1. The van der Waals surface area contributed by atoms with Crippen molar-refractivity contribution in [2.45, 2.75) is 64.5 Å². The SMILES string of the molecule is CCOC(=O)C1CCC(O[Si-](c2ccccc2)(c2ccccc2)C(C)(C)C)CC1. The summed E-state index contributed by atoms with van der Waals surface area (Å²) in [6, 6.07) is 21.5. The second-order valence-electron chi connectivity index (χ2n) is 9.01. The first-order valence-corrected chi connectivity index (χ1v) is 12.7. The van der Waals surface area contributed by atoms with Crippen molar-refractivity contribution in [3.05, 3.63) is 60.7 Å². The van der Waals surface area contributed by atoms with Gasteiger partial charge in [0.05, 0.1) is 20.8 Å². The van der Waals surface area contributed by atoms with Gasteiger partial charge in [-0.25, -0.2) is 0 Å². The molecule has 0 aliphatic heterocycles. The molecule has 3 nitrogen and oxygen atoms in total. The summed E-state index contributed by atoms with van der Waals surface area (Å²) < 4.78 is 12.4. The standard InChI is InChI=1S/C25H34O3Si/c1-5-27-24(26)20-16-18-21(19-17-20)28-29(25(2,3)4,22-12-8-6-9-13-22)23-14-10-7-11-15-23/h6-15,20-21H,5,16-19H2,1-4H3/q-1. The molecule has 0 spiro atoms. The summed E-state index contributed by atoms with van der Waals surface area (Å²) in [6.45, 7) is 9.25. The van der Waals surface area contributed by atoms with Crippen LogP contribution in [0, 0.1) is 5.92 Å². The summed E-state index contributed by atoms with van der Waals surface area (Å²) in [5, 5.41) is 2.60. The van der Waals surface area contributed by atoms with E-state index in [0.717, 1.165) is 25.7 Å². The lowest BCUT2D eigenvalue weighted by Crippen LogP contribution is -2.67. The lowest BCUT2D eigenvalue weighted by Gasteiger charge is -2.58. The second-order valence-corrected chi connectivity index (χ2v) is 13.3. The molecule has 4 heteroatoms. The summed E-state index contributed by atoms with van der Waals surface area (Å²) in [4.78, 5) is 12.1. The largest absolute Gasteiger partial charge is 0.556 e. The molecule has 1 aliphatic carbocycles. The Labute approximate surface area is 176 Å². The van der Waals surface area contributed by atoms with Gasteiger partial charge in [-0.1, -0.05) is 81.4 Å². The maximum Gasteiger partial charge on any atom is 0.308 e. The van der Waals surface area contributed by atoms with Gasteiger partial charge in [-0.3, -0.25) is 4.79 Å². The van der Waals surface area contributed by atoms with E-state index in [4.69, 9.17) is 9.16 Å². The fraction of sp³-hybridized carbons (Fsp3) is 0.480. The van der Waals surface area contributed by atoms with Crippen molar-refractivity contribution in [3.8, 4) is 0 Å². The number of hydrogen-bond acceptors (Lipinski definition) is 3. The predicted octanol–water partition coefficient (Wildman–Crippen LogP) is 4.68. The molecule has 0 amide bonds. The minimum absolute atomic E-state index is 0.0201. The lowest BCUT2D eigenvalue weighted by molar-refractivity contribution is -0.149. The van der Waals surface area contributed by atoms with Gasteiger partial charge in [0.1, 0.15) is 0 Å². The van der Waals surface area contributed by atoms with E-state index in [2.05, 4.69) is 81.4 Å². The van der Waals surface area contributed by atoms with Crippen LogP contribution < -0.4 is 10.4 Å². The smallest absolute Gasteiger partial charge is 0.308 e. The molecular formula is C25H34O3Si-. The zero-order valence-corrected chi connectivity index (χ0v) is 19.2. The van der Waals surface area contributed by atoms with E-state index < -0.39 is 8.32 Å². The van der Waals surface area contributed by atoms with Crippen LogP contribution in [0.4, 0.5) is 0 Å². The molecule has 1 aliphatic rings. The average molecular weight is 411 g/mol. The Kier molecular flexibility index (Phi) is 6.96. The molecule has 1 saturated carbocycles. The van der Waals surface area contributed by atoms with Crippen LogP contribution >= 0.6 is 0 Å². The molecule has 3 rings (SSSR count). The first kappa shape index (κ1) is 21.8. The molecule has 2 aromatic carbocycles. The topological polar surface area (TPSA) is 35.5 Å². The summed E-state index contributed by atoms with van der Waals surface area (Å²) in [6.07, 6.45) is 3.69. The molecular weight excluding hydrogens is 376 g/mol. The van der Waals surface area contributed by atoms with Gasteiger partial charge >= 0.3 is 5.97 Å². The van der Waals surface area contributed by atoms with E-state index >= 15 is 0 Å². The van der Waals surface area contributed by atoms with Gasteiger partial charge in [0.15, 0.2) is 0 Å². The van der Waals surface area contributed by atoms with Crippen molar-refractivity contribution < 1.29 is 14.0 Å². The molecule has 0 unspecified atom stereocenters. The maximum absolute atomic E-state index is 12.1. The van der Waals surface area contributed by atoms with E-state index in [1.807, 2.05) is 6.92 Å². The fourth-order valence-electron chi connectivity index (χ4n) is 4.62. The molecule has 0 atom stereocenters. The molecule has 2 aromatic rings. The van der Waals surface area contributed by atoms with Gasteiger partial charge in [-0.2, -0.15) is 10.4 Å². The molecule has 1 fully saturated rings.